The molecule has 1 aliphatic rings. The highest BCUT2D eigenvalue weighted by Gasteiger charge is 2.27. The third-order valence-corrected chi connectivity index (χ3v) is 4.77. The Morgan fingerprint density at radius 1 is 1.55 bits per heavy atom. The van der Waals surface area contributed by atoms with Crippen LogP contribution in [0.3, 0.4) is 0 Å². The molecule has 0 spiro atoms. The van der Waals surface area contributed by atoms with Crippen LogP contribution in [0.4, 0.5) is 5.69 Å². The monoisotopic (exact) mass is 370 g/mol. The van der Waals surface area contributed by atoms with Crippen LogP contribution < -0.4 is 15.8 Å². The summed E-state index contributed by atoms with van der Waals surface area (Å²) in [4.78, 5) is 26.3. The number of amides is 1. The summed E-state index contributed by atoms with van der Waals surface area (Å²) in [6.45, 7) is 4.31. The van der Waals surface area contributed by atoms with Crippen molar-refractivity contribution in [1.29, 1.82) is 0 Å². The van der Waals surface area contributed by atoms with Crippen molar-refractivity contribution < 1.29 is 4.79 Å². The van der Waals surface area contributed by atoms with Crippen molar-refractivity contribution in [3.8, 4) is 0 Å². The second-order valence-corrected chi connectivity index (χ2v) is 6.50. The number of hydrogen-bond donors (Lipinski definition) is 1. The van der Waals surface area contributed by atoms with Gasteiger partial charge in [-0.2, -0.15) is 5.10 Å². The van der Waals surface area contributed by atoms with Crippen LogP contribution in [0.15, 0.2) is 15.5 Å². The van der Waals surface area contributed by atoms with E-state index in [9.17, 15) is 9.59 Å². The van der Waals surface area contributed by atoms with Crippen molar-refractivity contribution in [3.63, 3.8) is 0 Å². The highest BCUT2D eigenvalue weighted by molar-refractivity contribution is 9.10. The minimum absolute atomic E-state index is 0.0263. The number of hydrogen-bond acceptors (Lipinski definition) is 4. The fraction of sp³-hybridized carbons (Fsp3) is 0.667. The molecular formula is C15H23BrN4O2. The largest absolute Gasteiger partial charge is 0.368 e. The highest BCUT2D eigenvalue weighted by atomic mass is 79.9. The lowest BCUT2D eigenvalue weighted by Crippen LogP contribution is -2.44. The predicted molar refractivity (Wildman–Crippen MR) is 90.0 cm³/mol. The first-order chi connectivity index (χ1) is 10.5. The maximum absolute atomic E-state index is 12.2. The van der Waals surface area contributed by atoms with E-state index in [2.05, 4.69) is 38.2 Å². The molecule has 1 saturated heterocycles. The second kappa shape index (κ2) is 7.76. The molecule has 0 aromatic carbocycles. The second-order valence-electron chi connectivity index (χ2n) is 5.70. The molecule has 1 N–H and O–H groups in total. The van der Waals surface area contributed by atoms with Gasteiger partial charge in [0.05, 0.1) is 17.8 Å². The molecule has 1 aliphatic heterocycles. The van der Waals surface area contributed by atoms with Crippen LogP contribution in [0.1, 0.15) is 32.6 Å². The Balaban J connectivity index is 2.06. The molecule has 2 rings (SSSR count). The van der Waals surface area contributed by atoms with Crippen LogP contribution >= 0.6 is 15.9 Å². The van der Waals surface area contributed by atoms with E-state index >= 15 is 0 Å². The Morgan fingerprint density at radius 2 is 2.32 bits per heavy atom. The molecule has 1 aromatic heterocycles. The van der Waals surface area contributed by atoms with Gasteiger partial charge < -0.3 is 10.2 Å². The van der Waals surface area contributed by atoms with E-state index in [1.165, 1.54) is 4.68 Å². The Bertz CT molecular complexity index is 587. The van der Waals surface area contributed by atoms with Gasteiger partial charge in [-0.05, 0) is 35.2 Å². The summed E-state index contributed by atoms with van der Waals surface area (Å²) in [5, 5.41) is 7.08. The number of nitrogens with zero attached hydrogens (tertiary/aromatic N) is 3. The average molecular weight is 371 g/mol. The Kier molecular flexibility index (Phi) is 5.99. The number of anilines is 1. The van der Waals surface area contributed by atoms with Crippen LogP contribution in [-0.2, 0) is 11.8 Å². The van der Waals surface area contributed by atoms with Gasteiger partial charge in [0.25, 0.3) is 5.56 Å². The van der Waals surface area contributed by atoms with Gasteiger partial charge in [0.1, 0.15) is 4.47 Å². The summed E-state index contributed by atoms with van der Waals surface area (Å²) in [6.07, 6.45) is 5.59. The molecular weight excluding hydrogens is 348 g/mol. The van der Waals surface area contributed by atoms with Crippen molar-refractivity contribution in [3.05, 3.63) is 21.0 Å². The van der Waals surface area contributed by atoms with Crippen LogP contribution in [0.25, 0.3) is 0 Å². The molecule has 1 atom stereocenters. The molecule has 0 aliphatic carbocycles. The Labute approximate surface area is 139 Å². The lowest BCUT2D eigenvalue weighted by molar-refractivity contribution is -0.125. The lowest BCUT2D eigenvalue weighted by Gasteiger charge is -2.33. The minimum Gasteiger partial charge on any atom is -0.368 e. The molecule has 6 nitrogen and oxygen atoms in total. The Hall–Kier alpha value is -1.37. The first kappa shape index (κ1) is 17.0. The molecule has 1 amide bonds. The van der Waals surface area contributed by atoms with Gasteiger partial charge in [-0.3, -0.25) is 9.59 Å². The molecule has 7 heteroatoms. The maximum atomic E-state index is 12.2. The van der Waals surface area contributed by atoms with Gasteiger partial charge in [-0.1, -0.05) is 13.3 Å². The summed E-state index contributed by atoms with van der Waals surface area (Å²) in [5.74, 6) is 0.0904. The zero-order chi connectivity index (χ0) is 16.1. The van der Waals surface area contributed by atoms with Crippen molar-refractivity contribution in [1.82, 2.24) is 15.1 Å². The van der Waals surface area contributed by atoms with E-state index in [4.69, 9.17) is 0 Å². The third-order valence-electron chi connectivity index (χ3n) is 4.02. The highest BCUT2D eigenvalue weighted by Crippen LogP contribution is 2.27. The quantitative estimate of drug-likeness (QED) is 0.800. The van der Waals surface area contributed by atoms with Gasteiger partial charge in [0.15, 0.2) is 0 Å². The van der Waals surface area contributed by atoms with Crippen molar-refractivity contribution in [2.45, 2.75) is 32.6 Å². The van der Waals surface area contributed by atoms with Crippen LogP contribution in [0, 0.1) is 5.92 Å². The molecule has 0 radical (unpaired) electrons. The van der Waals surface area contributed by atoms with E-state index in [0.717, 1.165) is 44.5 Å². The number of unbranched alkanes of at least 4 members (excludes halogenated alkanes) is 1. The lowest BCUT2D eigenvalue weighted by atomic mass is 9.96. The molecule has 1 aromatic rings. The van der Waals surface area contributed by atoms with Crippen molar-refractivity contribution >= 4 is 27.5 Å². The first-order valence-corrected chi connectivity index (χ1v) is 8.58. The average Bonchev–Trinajstić information content (AvgIpc) is 2.53. The molecule has 2 heterocycles. The summed E-state index contributed by atoms with van der Waals surface area (Å²) in [6, 6.07) is 0. The number of piperidine rings is 1. The topological polar surface area (TPSA) is 67.2 Å². The van der Waals surface area contributed by atoms with Crippen LogP contribution in [0.2, 0.25) is 0 Å². The molecule has 22 heavy (non-hydrogen) atoms. The standard InChI is InChI=1S/C15H23BrN4O2/c1-3-4-7-17-14(21)11-6-5-8-20(10-11)12-9-18-19(2)15(22)13(12)16/h9,11H,3-8,10H2,1-2H3,(H,17,21). The van der Waals surface area contributed by atoms with Gasteiger partial charge in [-0.15, -0.1) is 0 Å². The van der Waals surface area contributed by atoms with Crippen LogP contribution in [-0.4, -0.2) is 35.3 Å². The smallest absolute Gasteiger partial charge is 0.282 e. The summed E-state index contributed by atoms with van der Waals surface area (Å²) < 4.78 is 1.81. The van der Waals surface area contributed by atoms with Gasteiger partial charge in [-0.25, -0.2) is 4.68 Å². The minimum atomic E-state index is -0.160. The van der Waals surface area contributed by atoms with E-state index in [-0.39, 0.29) is 17.4 Å². The van der Waals surface area contributed by atoms with E-state index in [0.29, 0.717) is 11.0 Å². The number of carbonyl (C=O) groups excluding carboxylic acids is 1. The number of rotatable bonds is 5. The molecule has 1 fully saturated rings. The first-order valence-electron chi connectivity index (χ1n) is 7.79. The molecule has 0 saturated carbocycles. The SMILES string of the molecule is CCCCNC(=O)C1CCCN(c2cnn(C)c(=O)c2Br)C1. The number of aromatic nitrogens is 2. The fourth-order valence-corrected chi connectivity index (χ4v) is 3.27. The third kappa shape index (κ3) is 3.88. The van der Waals surface area contributed by atoms with Gasteiger partial charge in [0, 0.05) is 26.7 Å². The number of halogens is 1. The van der Waals surface area contributed by atoms with Gasteiger partial charge in [0.2, 0.25) is 5.91 Å². The van der Waals surface area contributed by atoms with E-state index in [1.807, 2.05) is 0 Å². The maximum Gasteiger partial charge on any atom is 0.282 e. The normalized spacial score (nSPS) is 18.3. The van der Waals surface area contributed by atoms with E-state index < -0.39 is 0 Å². The number of nitrogens with one attached hydrogen (secondary N) is 1. The van der Waals surface area contributed by atoms with Gasteiger partial charge >= 0.3 is 0 Å². The summed E-state index contributed by atoms with van der Waals surface area (Å²) in [7, 11) is 1.62. The fourth-order valence-electron chi connectivity index (χ4n) is 2.67. The summed E-state index contributed by atoms with van der Waals surface area (Å²) in [5.41, 5.74) is 0.612. The zero-order valence-electron chi connectivity index (χ0n) is 13.1. The van der Waals surface area contributed by atoms with E-state index in [1.54, 1.807) is 13.2 Å². The summed E-state index contributed by atoms with van der Waals surface area (Å²) >= 11 is 3.36. The number of carbonyl (C=O) groups is 1. The predicted octanol–water partition coefficient (Wildman–Crippen LogP) is 1.68. The van der Waals surface area contributed by atoms with Crippen molar-refractivity contribution in [2.75, 3.05) is 24.5 Å². The number of aryl methyl sites for hydroxylation is 1. The van der Waals surface area contributed by atoms with Crippen LogP contribution in [0.5, 0.6) is 0 Å². The molecule has 1 unspecified atom stereocenters. The Morgan fingerprint density at radius 3 is 3.05 bits per heavy atom. The van der Waals surface area contributed by atoms with Crippen molar-refractivity contribution in [2.24, 2.45) is 13.0 Å². The zero-order valence-corrected chi connectivity index (χ0v) is 14.7. The molecule has 0 bridgehead atoms. The molecule has 122 valence electrons.